The summed E-state index contributed by atoms with van der Waals surface area (Å²) in [5.74, 6) is 0.810. The van der Waals surface area contributed by atoms with Crippen LogP contribution in [0.3, 0.4) is 0 Å². The van der Waals surface area contributed by atoms with Gasteiger partial charge in [0, 0.05) is 18.9 Å². The van der Waals surface area contributed by atoms with Gasteiger partial charge in [-0.25, -0.2) is 4.79 Å². The van der Waals surface area contributed by atoms with Gasteiger partial charge in [0.1, 0.15) is 12.4 Å². The molecule has 1 heterocycles. The SMILES string of the molecule is Cc1ccc(OCCNC(=O)NCCc2cccnc2)cc1. The zero-order valence-electron chi connectivity index (χ0n) is 12.7. The van der Waals surface area contributed by atoms with E-state index < -0.39 is 0 Å². The summed E-state index contributed by atoms with van der Waals surface area (Å²) in [4.78, 5) is 15.6. The fourth-order valence-electron chi connectivity index (χ4n) is 1.90. The van der Waals surface area contributed by atoms with Gasteiger partial charge in [0.2, 0.25) is 0 Å². The molecule has 0 radical (unpaired) electrons. The number of benzene rings is 1. The Morgan fingerprint density at radius 3 is 2.64 bits per heavy atom. The van der Waals surface area contributed by atoms with Crippen LogP contribution < -0.4 is 15.4 Å². The molecule has 2 rings (SSSR count). The number of nitrogens with zero attached hydrogens (tertiary/aromatic N) is 1. The number of hydrogen-bond donors (Lipinski definition) is 2. The number of nitrogens with one attached hydrogen (secondary N) is 2. The second-order valence-electron chi connectivity index (χ2n) is 4.96. The molecule has 0 bridgehead atoms. The number of urea groups is 1. The maximum atomic E-state index is 11.6. The summed E-state index contributed by atoms with van der Waals surface area (Å²) in [6.07, 6.45) is 4.30. The first kappa shape index (κ1) is 15.8. The quantitative estimate of drug-likeness (QED) is 0.771. The molecule has 2 amide bonds. The zero-order valence-corrected chi connectivity index (χ0v) is 12.7. The van der Waals surface area contributed by atoms with Crippen molar-refractivity contribution < 1.29 is 9.53 Å². The van der Waals surface area contributed by atoms with E-state index in [9.17, 15) is 4.79 Å². The number of rotatable bonds is 7. The minimum Gasteiger partial charge on any atom is -0.492 e. The molecule has 116 valence electrons. The van der Waals surface area contributed by atoms with Gasteiger partial charge < -0.3 is 15.4 Å². The van der Waals surface area contributed by atoms with Gasteiger partial charge in [-0.3, -0.25) is 4.98 Å². The van der Waals surface area contributed by atoms with E-state index in [2.05, 4.69) is 15.6 Å². The van der Waals surface area contributed by atoms with Crippen LogP contribution in [0.25, 0.3) is 0 Å². The normalized spacial score (nSPS) is 10.0. The Hall–Kier alpha value is -2.56. The standard InChI is InChI=1S/C17H21N3O2/c1-14-4-6-16(7-5-14)22-12-11-20-17(21)19-10-8-15-3-2-9-18-13-15/h2-7,9,13H,8,10-12H2,1H3,(H2,19,20,21). The highest BCUT2D eigenvalue weighted by Gasteiger charge is 2.00. The van der Waals surface area contributed by atoms with E-state index >= 15 is 0 Å². The van der Waals surface area contributed by atoms with Gasteiger partial charge in [-0.15, -0.1) is 0 Å². The molecule has 5 nitrogen and oxygen atoms in total. The monoisotopic (exact) mass is 299 g/mol. The van der Waals surface area contributed by atoms with E-state index in [-0.39, 0.29) is 6.03 Å². The number of aryl methyl sites for hydroxylation is 1. The van der Waals surface area contributed by atoms with Crippen molar-refractivity contribution in [1.29, 1.82) is 0 Å². The number of aromatic nitrogens is 1. The first-order valence-electron chi connectivity index (χ1n) is 7.34. The van der Waals surface area contributed by atoms with Crippen LogP contribution in [0.1, 0.15) is 11.1 Å². The molecule has 0 aliphatic carbocycles. The van der Waals surface area contributed by atoms with Gasteiger partial charge in [0.25, 0.3) is 0 Å². The summed E-state index contributed by atoms with van der Waals surface area (Å²) in [6.45, 7) is 3.52. The van der Waals surface area contributed by atoms with Crippen LogP contribution in [0.5, 0.6) is 5.75 Å². The van der Waals surface area contributed by atoms with Crippen LogP contribution >= 0.6 is 0 Å². The Labute approximate surface area is 130 Å². The van der Waals surface area contributed by atoms with Gasteiger partial charge in [-0.2, -0.15) is 0 Å². The second-order valence-corrected chi connectivity index (χ2v) is 4.96. The lowest BCUT2D eigenvalue weighted by atomic mass is 10.2. The topological polar surface area (TPSA) is 63.2 Å². The number of pyridine rings is 1. The summed E-state index contributed by atoms with van der Waals surface area (Å²) < 4.78 is 5.53. The molecule has 22 heavy (non-hydrogen) atoms. The molecule has 1 aromatic heterocycles. The molecule has 0 fully saturated rings. The minimum absolute atomic E-state index is 0.184. The Kier molecular flexibility index (Phi) is 6.23. The lowest BCUT2D eigenvalue weighted by Crippen LogP contribution is -2.38. The minimum atomic E-state index is -0.184. The highest BCUT2D eigenvalue weighted by atomic mass is 16.5. The first-order valence-corrected chi connectivity index (χ1v) is 7.34. The van der Waals surface area contributed by atoms with E-state index in [4.69, 9.17) is 4.74 Å². The van der Waals surface area contributed by atoms with Crippen LogP contribution in [-0.4, -0.2) is 30.7 Å². The summed E-state index contributed by atoms with van der Waals surface area (Å²) in [5.41, 5.74) is 2.30. The highest BCUT2D eigenvalue weighted by molar-refractivity contribution is 5.73. The smallest absolute Gasteiger partial charge is 0.314 e. The maximum Gasteiger partial charge on any atom is 0.314 e. The summed E-state index contributed by atoms with van der Waals surface area (Å²) >= 11 is 0. The molecule has 0 saturated heterocycles. The average Bonchev–Trinajstić information content (AvgIpc) is 2.54. The molecule has 0 aliphatic rings. The Bertz CT molecular complexity index is 570. The molecule has 5 heteroatoms. The van der Waals surface area contributed by atoms with Crippen LogP contribution in [0, 0.1) is 6.92 Å². The fraction of sp³-hybridized carbons (Fsp3) is 0.294. The van der Waals surface area contributed by atoms with Crippen molar-refractivity contribution in [1.82, 2.24) is 15.6 Å². The zero-order chi connectivity index (χ0) is 15.6. The predicted molar refractivity (Wildman–Crippen MR) is 86.0 cm³/mol. The number of carbonyl (C=O) groups excluding carboxylic acids is 1. The summed E-state index contributed by atoms with van der Waals surface area (Å²) in [5, 5.41) is 5.56. The largest absolute Gasteiger partial charge is 0.492 e. The van der Waals surface area contributed by atoms with E-state index in [1.807, 2.05) is 43.3 Å². The van der Waals surface area contributed by atoms with Crippen LogP contribution in [0.2, 0.25) is 0 Å². The van der Waals surface area contributed by atoms with Gasteiger partial charge in [-0.05, 0) is 37.1 Å². The highest BCUT2D eigenvalue weighted by Crippen LogP contribution is 2.10. The second kappa shape index (κ2) is 8.67. The molecular formula is C17H21N3O2. The van der Waals surface area contributed by atoms with Gasteiger partial charge in [0.15, 0.2) is 0 Å². The number of hydrogen-bond acceptors (Lipinski definition) is 3. The molecule has 2 aromatic rings. The number of ether oxygens (including phenoxy) is 1. The van der Waals surface area contributed by atoms with E-state index in [1.54, 1.807) is 12.4 Å². The van der Waals surface area contributed by atoms with Crippen molar-refractivity contribution in [3.05, 3.63) is 59.9 Å². The third-order valence-electron chi connectivity index (χ3n) is 3.10. The van der Waals surface area contributed by atoms with Crippen molar-refractivity contribution in [2.75, 3.05) is 19.7 Å². The molecule has 0 unspecified atom stereocenters. The van der Waals surface area contributed by atoms with Crippen LogP contribution in [0.4, 0.5) is 4.79 Å². The van der Waals surface area contributed by atoms with E-state index in [1.165, 1.54) is 5.56 Å². The molecular weight excluding hydrogens is 278 g/mol. The fourth-order valence-corrected chi connectivity index (χ4v) is 1.90. The molecule has 0 aliphatic heterocycles. The molecule has 0 atom stereocenters. The number of carbonyl (C=O) groups is 1. The van der Waals surface area contributed by atoms with Crippen molar-refractivity contribution in [3.8, 4) is 5.75 Å². The molecule has 0 saturated carbocycles. The van der Waals surface area contributed by atoms with Crippen molar-refractivity contribution in [2.45, 2.75) is 13.3 Å². The van der Waals surface area contributed by atoms with Crippen LogP contribution in [0.15, 0.2) is 48.8 Å². The van der Waals surface area contributed by atoms with Gasteiger partial charge in [0.05, 0.1) is 6.54 Å². The van der Waals surface area contributed by atoms with Crippen LogP contribution in [-0.2, 0) is 6.42 Å². The Morgan fingerprint density at radius 2 is 1.91 bits per heavy atom. The molecule has 0 spiro atoms. The average molecular weight is 299 g/mol. The number of amides is 2. The Balaban J connectivity index is 1.55. The summed E-state index contributed by atoms with van der Waals surface area (Å²) in [6, 6.07) is 11.5. The predicted octanol–water partition coefficient (Wildman–Crippen LogP) is 2.31. The van der Waals surface area contributed by atoms with E-state index in [0.29, 0.717) is 19.7 Å². The summed E-state index contributed by atoms with van der Waals surface area (Å²) in [7, 11) is 0. The lowest BCUT2D eigenvalue weighted by Gasteiger charge is -2.09. The van der Waals surface area contributed by atoms with Gasteiger partial charge >= 0.3 is 6.03 Å². The van der Waals surface area contributed by atoms with Crippen molar-refractivity contribution >= 4 is 6.03 Å². The first-order chi connectivity index (χ1) is 10.7. The van der Waals surface area contributed by atoms with E-state index in [0.717, 1.165) is 17.7 Å². The maximum absolute atomic E-state index is 11.6. The van der Waals surface area contributed by atoms with Gasteiger partial charge in [-0.1, -0.05) is 23.8 Å². The third-order valence-corrected chi connectivity index (χ3v) is 3.10. The molecule has 1 aromatic carbocycles. The van der Waals surface area contributed by atoms with Crippen molar-refractivity contribution in [3.63, 3.8) is 0 Å². The Morgan fingerprint density at radius 1 is 1.14 bits per heavy atom. The lowest BCUT2D eigenvalue weighted by molar-refractivity contribution is 0.236. The van der Waals surface area contributed by atoms with Crippen molar-refractivity contribution in [2.24, 2.45) is 0 Å². The molecule has 2 N–H and O–H groups in total. The third kappa shape index (κ3) is 5.83.